The highest BCUT2D eigenvalue weighted by Gasteiger charge is 2.60. The Morgan fingerprint density at radius 1 is 1.33 bits per heavy atom. The average Bonchev–Trinajstić information content (AvgIpc) is 3.16. The Morgan fingerprint density at radius 2 is 2.12 bits per heavy atom. The van der Waals surface area contributed by atoms with Gasteiger partial charge in [-0.25, -0.2) is 0 Å². The highest BCUT2D eigenvalue weighted by Crippen LogP contribution is 2.60. The number of hydrogen-bond donors (Lipinski definition) is 1. The second kappa shape index (κ2) is 4.68. The fraction of sp³-hybridized carbons (Fsp3) is 0.647. The minimum atomic E-state index is -0.153. The molecule has 6 rings (SSSR count). The Kier molecular flexibility index (Phi) is 2.76. The highest BCUT2D eigenvalue weighted by atomic mass is 16.3. The second-order valence-corrected chi connectivity index (χ2v) is 8.06. The number of nitrogens with zero attached hydrogens (tertiary/aromatic N) is 4. The van der Waals surface area contributed by atoms with Gasteiger partial charge in [0, 0.05) is 5.54 Å². The molecule has 7 heteroatoms. The maximum Gasteiger partial charge on any atom is 0.254 e. The normalized spacial score (nSPS) is 36.9. The number of furan rings is 1. The number of aromatic nitrogens is 4. The number of hydrogen-bond acceptors (Lipinski definition) is 5. The van der Waals surface area contributed by atoms with Crippen LogP contribution in [0, 0.1) is 18.8 Å². The lowest BCUT2D eigenvalue weighted by Crippen LogP contribution is -2.66. The van der Waals surface area contributed by atoms with Crippen molar-refractivity contribution in [2.75, 3.05) is 0 Å². The van der Waals surface area contributed by atoms with Crippen molar-refractivity contribution < 1.29 is 9.21 Å². The van der Waals surface area contributed by atoms with Crippen LogP contribution in [0.1, 0.15) is 54.7 Å². The van der Waals surface area contributed by atoms with Gasteiger partial charge >= 0.3 is 0 Å². The van der Waals surface area contributed by atoms with Gasteiger partial charge in [0.15, 0.2) is 5.82 Å². The molecule has 1 amide bonds. The van der Waals surface area contributed by atoms with E-state index < -0.39 is 0 Å². The molecule has 0 saturated heterocycles. The number of carbonyl (C=O) groups excluding carboxylic acids is 1. The van der Waals surface area contributed by atoms with Gasteiger partial charge in [0.05, 0.1) is 17.4 Å². The molecule has 2 aromatic rings. The van der Waals surface area contributed by atoms with Crippen molar-refractivity contribution in [3.05, 3.63) is 30.0 Å². The minimum absolute atomic E-state index is 0.0384. The molecule has 0 aliphatic heterocycles. The molecular formula is C17H21N5O2. The Hall–Kier alpha value is -2.18. The number of amides is 1. The average molecular weight is 327 g/mol. The van der Waals surface area contributed by atoms with Crippen molar-refractivity contribution in [1.29, 1.82) is 0 Å². The van der Waals surface area contributed by atoms with Crippen LogP contribution in [-0.4, -0.2) is 31.7 Å². The molecule has 0 aromatic carbocycles. The molecule has 7 nitrogen and oxygen atoms in total. The van der Waals surface area contributed by atoms with Crippen LogP contribution in [0.2, 0.25) is 0 Å². The van der Waals surface area contributed by atoms with Crippen molar-refractivity contribution in [2.24, 2.45) is 11.8 Å². The molecule has 4 aliphatic rings. The molecular weight excluding hydrogens is 306 g/mol. The summed E-state index contributed by atoms with van der Waals surface area (Å²) in [4.78, 5) is 14.5. The molecule has 1 N–H and O–H groups in total. The molecule has 4 aliphatic carbocycles. The lowest BCUT2D eigenvalue weighted by atomic mass is 9.50. The van der Waals surface area contributed by atoms with Crippen LogP contribution < -0.4 is 5.32 Å². The zero-order valence-electron chi connectivity index (χ0n) is 13.7. The zero-order chi connectivity index (χ0) is 16.4. The molecule has 2 heterocycles. The van der Waals surface area contributed by atoms with E-state index in [9.17, 15) is 4.79 Å². The van der Waals surface area contributed by atoms with Crippen molar-refractivity contribution in [3.63, 3.8) is 0 Å². The molecule has 2 atom stereocenters. The molecule has 2 aromatic heterocycles. The summed E-state index contributed by atoms with van der Waals surface area (Å²) < 4.78 is 5.06. The van der Waals surface area contributed by atoms with Gasteiger partial charge in [-0.1, -0.05) is 0 Å². The van der Waals surface area contributed by atoms with Crippen LogP contribution >= 0.6 is 0 Å². The molecule has 0 radical (unpaired) electrons. The van der Waals surface area contributed by atoms with E-state index in [1.807, 2.05) is 11.7 Å². The molecule has 0 spiro atoms. The summed E-state index contributed by atoms with van der Waals surface area (Å²) in [6.45, 7) is 1.88. The Labute approximate surface area is 139 Å². The van der Waals surface area contributed by atoms with Gasteiger partial charge in [0.25, 0.3) is 5.91 Å². The third-order valence-corrected chi connectivity index (χ3v) is 6.13. The lowest BCUT2D eigenvalue weighted by molar-refractivity contribution is -0.0811. The number of tetrazole rings is 1. The van der Waals surface area contributed by atoms with Crippen molar-refractivity contribution >= 4 is 5.91 Å². The van der Waals surface area contributed by atoms with Crippen LogP contribution in [0.15, 0.2) is 23.0 Å². The molecule has 126 valence electrons. The molecule has 24 heavy (non-hydrogen) atoms. The second-order valence-electron chi connectivity index (χ2n) is 8.06. The summed E-state index contributed by atoms with van der Waals surface area (Å²) in [6.07, 6.45) is 9.52. The fourth-order valence-electron chi connectivity index (χ4n) is 5.79. The Morgan fingerprint density at radius 3 is 2.75 bits per heavy atom. The van der Waals surface area contributed by atoms with Crippen LogP contribution in [0.3, 0.4) is 0 Å². The summed E-state index contributed by atoms with van der Waals surface area (Å²) in [5.41, 5.74) is 0.351. The van der Waals surface area contributed by atoms with E-state index in [2.05, 4.69) is 20.7 Å². The van der Waals surface area contributed by atoms with Gasteiger partial charge in [-0.05, 0) is 68.6 Å². The van der Waals surface area contributed by atoms with Gasteiger partial charge in [0.2, 0.25) is 0 Å². The molecule has 4 fully saturated rings. The van der Waals surface area contributed by atoms with Gasteiger partial charge in [0.1, 0.15) is 6.26 Å². The van der Waals surface area contributed by atoms with Crippen LogP contribution in [0.5, 0.6) is 0 Å². The fourth-order valence-corrected chi connectivity index (χ4v) is 5.79. The van der Waals surface area contributed by atoms with Crippen molar-refractivity contribution in [3.8, 4) is 0 Å². The smallest absolute Gasteiger partial charge is 0.254 e. The maximum atomic E-state index is 12.6. The summed E-state index contributed by atoms with van der Waals surface area (Å²) in [5, 5.41) is 16.3. The number of aryl methyl sites for hydroxylation is 1. The first-order chi connectivity index (χ1) is 11.6. The standard InChI is InChI=1S/C17H21N5O2/c1-11-19-21-22(20-11)17-7-12-4-13(8-17)6-16(5-12,10-17)18-15(23)14-2-3-24-9-14/h2-3,9,12-13H,4-8,10H2,1H3,(H,18,23)/t12-,13-,16?,17?/m0/s1. The van der Waals surface area contributed by atoms with Gasteiger partial charge in [-0.2, -0.15) is 4.80 Å². The van der Waals surface area contributed by atoms with Crippen LogP contribution in [0.25, 0.3) is 0 Å². The third-order valence-electron chi connectivity index (χ3n) is 6.13. The topological polar surface area (TPSA) is 85.8 Å². The first-order valence-electron chi connectivity index (χ1n) is 8.68. The summed E-state index contributed by atoms with van der Waals surface area (Å²) in [6, 6.07) is 1.72. The van der Waals surface area contributed by atoms with Crippen molar-refractivity contribution in [1.82, 2.24) is 25.5 Å². The molecule has 0 unspecified atom stereocenters. The van der Waals surface area contributed by atoms with E-state index in [4.69, 9.17) is 4.42 Å². The number of nitrogens with one attached hydrogen (secondary N) is 1. The number of carbonyl (C=O) groups is 1. The van der Waals surface area contributed by atoms with Crippen LogP contribution in [-0.2, 0) is 5.54 Å². The van der Waals surface area contributed by atoms with E-state index in [0.717, 1.165) is 32.1 Å². The first kappa shape index (κ1) is 14.2. The SMILES string of the molecule is Cc1nnn(C23C[C@H]4C[C@@H](CC(NC(=O)c5ccoc5)(C4)C2)C3)n1. The van der Waals surface area contributed by atoms with E-state index in [-0.39, 0.29) is 17.0 Å². The van der Waals surface area contributed by atoms with E-state index in [1.165, 1.54) is 18.9 Å². The van der Waals surface area contributed by atoms with Gasteiger partial charge < -0.3 is 9.73 Å². The quantitative estimate of drug-likeness (QED) is 0.932. The van der Waals surface area contributed by atoms with Gasteiger partial charge in [-0.15, -0.1) is 10.2 Å². The summed E-state index contributed by atoms with van der Waals surface area (Å²) in [7, 11) is 0. The van der Waals surface area contributed by atoms with E-state index in [1.54, 1.807) is 6.07 Å². The van der Waals surface area contributed by atoms with E-state index >= 15 is 0 Å². The monoisotopic (exact) mass is 327 g/mol. The summed E-state index contributed by atoms with van der Waals surface area (Å²) in [5.74, 6) is 1.93. The van der Waals surface area contributed by atoms with E-state index in [0.29, 0.717) is 23.2 Å². The Bertz CT molecular complexity index is 767. The minimum Gasteiger partial charge on any atom is -0.472 e. The maximum absolute atomic E-state index is 12.6. The Balaban J connectivity index is 1.48. The van der Waals surface area contributed by atoms with Crippen molar-refractivity contribution in [2.45, 2.75) is 56.5 Å². The predicted molar refractivity (Wildman–Crippen MR) is 84.1 cm³/mol. The van der Waals surface area contributed by atoms with Gasteiger partial charge in [-0.3, -0.25) is 4.79 Å². The summed E-state index contributed by atoms with van der Waals surface area (Å²) >= 11 is 0. The largest absolute Gasteiger partial charge is 0.472 e. The molecule has 4 saturated carbocycles. The third kappa shape index (κ3) is 2.03. The molecule has 4 bridgehead atoms. The first-order valence-corrected chi connectivity index (χ1v) is 8.68. The zero-order valence-corrected chi connectivity index (χ0v) is 13.7. The van der Waals surface area contributed by atoms with Crippen LogP contribution in [0.4, 0.5) is 0 Å². The lowest BCUT2D eigenvalue weighted by Gasteiger charge is -2.61. The highest BCUT2D eigenvalue weighted by molar-refractivity contribution is 5.94. The number of rotatable bonds is 3. The predicted octanol–water partition coefficient (Wildman–Crippen LogP) is 2.05.